The Labute approximate surface area is 124 Å². The van der Waals surface area contributed by atoms with Crippen molar-refractivity contribution in [2.75, 3.05) is 0 Å². The average Bonchev–Trinajstić information content (AvgIpc) is 2.54. The number of allylic oxidation sites excluding steroid dienone is 5. The van der Waals surface area contributed by atoms with E-state index in [0.29, 0.717) is 5.76 Å². The van der Waals surface area contributed by atoms with Crippen LogP contribution >= 0.6 is 0 Å². The number of aryl methyl sites for hydroxylation is 1. The lowest BCUT2D eigenvalue weighted by Gasteiger charge is -2.17. The van der Waals surface area contributed by atoms with E-state index in [1.54, 1.807) is 12.5 Å². The van der Waals surface area contributed by atoms with Gasteiger partial charge < -0.3 is 9.47 Å². The maximum Gasteiger partial charge on any atom is 0.165 e. The van der Waals surface area contributed by atoms with Crippen LogP contribution < -0.4 is 0 Å². The molecule has 0 amide bonds. The molecule has 3 heteroatoms. The van der Waals surface area contributed by atoms with Gasteiger partial charge in [-0.3, -0.25) is 4.98 Å². The molecular weight excluding hydrogens is 262 g/mol. The standard InChI is InChI=1S/C18H17NO2/c1-14-6-5-9-16(19-14)10-11-17-12-20-13-18(21-17)15-7-3-2-4-8-15/h2-3,5-7,9-13H,4,8H2,1H3. The summed E-state index contributed by atoms with van der Waals surface area (Å²) in [5.41, 5.74) is 3.05. The number of ether oxygens (including phenoxy) is 2. The Morgan fingerprint density at radius 1 is 1.19 bits per heavy atom. The minimum Gasteiger partial charge on any atom is -0.465 e. The molecule has 0 unspecified atom stereocenters. The van der Waals surface area contributed by atoms with Gasteiger partial charge in [0.05, 0.1) is 5.69 Å². The van der Waals surface area contributed by atoms with Gasteiger partial charge in [-0.25, -0.2) is 0 Å². The molecule has 0 N–H and O–H groups in total. The third-order valence-corrected chi connectivity index (χ3v) is 3.25. The van der Waals surface area contributed by atoms with Gasteiger partial charge in [0.1, 0.15) is 12.5 Å². The number of nitrogens with zero attached hydrogens (tertiary/aromatic N) is 1. The second-order valence-corrected chi connectivity index (χ2v) is 4.94. The summed E-state index contributed by atoms with van der Waals surface area (Å²) in [7, 11) is 0. The highest BCUT2D eigenvalue weighted by Gasteiger charge is 2.13. The Morgan fingerprint density at radius 2 is 2.14 bits per heavy atom. The van der Waals surface area contributed by atoms with E-state index in [1.165, 1.54) is 0 Å². The molecule has 1 aliphatic carbocycles. The topological polar surface area (TPSA) is 31.4 Å². The van der Waals surface area contributed by atoms with E-state index in [-0.39, 0.29) is 0 Å². The van der Waals surface area contributed by atoms with E-state index in [4.69, 9.17) is 9.47 Å². The monoisotopic (exact) mass is 279 g/mol. The second kappa shape index (κ2) is 6.27. The predicted molar refractivity (Wildman–Crippen MR) is 82.8 cm³/mol. The summed E-state index contributed by atoms with van der Waals surface area (Å²) < 4.78 is 11.2. The number of hydrogen-bond acceptors (Lipinski definition) is 3. The van der Waals surface area contributed by atoms with Crippen molar-refractivity contribution in [1.29, 1.82) is 0 Å². The summed E-state index contributed by atoms with van der Waals surface area (Å²) in [5, 5.41) is 0. The van der Waals surface area contributed by atoms with Crippen LogP contribution in [0.3, 0.4) is 0 Å². The van der Waals surface area contributed by atoms with E-state index in [0.717, 1.165) is 35.6 Å². The number of rotatable bonds is 3. The Kier molecular flexibility index (Phi) is 4.01. The van der Waals surface area contributed by atoms with E-state index >= 15 is 0 Å². The van der Waals surface area contributed by atoms with Crippen LogP contribution in [0.5, 0.6) is 0 Å². The SMILES string of the molecule is Cc1cccc(C=CC2=COC=C(C3=CC=CCC3)O2)n1. The van der Waals surface area contributed by atoms with Crippen molar-refractivity contribution in [2.24, 2.45) is 0 Å². The van der Waals surface area contributed by atoms with Gasteiger partial charge >= 0.3 is 0 Å². The fourth-order valence-corrected chi connectivity index (χ4v) is 2.18. The third-order valence-electron chi connectivity index (χ3n) is 3.25. The smallest absolute Gasteiger partial charge is 0.165 e. The van der Waals surface area contributed by atoms with Crippen molar-refractivity contribution < 1.29 is 9.47 Å². The van der Waals surface area contributed by atoms with Gasteiger partial charge in [0.25, 0.3) is 0 Å². The van der Waals surface area contributed by atoms with Gasteiger partial charge in [-0.2, -0.15) is 0 Å². The molecule has 3 nitrogen and oxygen atoms in total. The van der Waals surface area contributed by atoms with Crippen LogP contribution in [0.1, 0.15) is 24.2 Å². The predicted octanol–water partition coefficient (Wildman–Crippen LogP) is 4.41. The zero-order valence-corrected chi connectivity index (χ0v) is 12.0. The molecule has 0 fully saturated rings. The quantitative estimate of drug-likeness (QED) is 0.821. The van der Waals surface area contributed by atoms with Crippen LogP contribution in [0, 0.1) is 6.92 Å². The summed E-state index contributed by atoms with van der Waals surface area (Å²) in [6, 6.07) is 5.92. The first-order valence-corrected chi connectivity index (χ1v) is 7.03. The maximum absolute atomic E-state index is 5.86. The van der Waals surface area contributed by atoms with Gasteiger partial charge in [-0.1, -0.05) is 24.3 Å². The Bertz CT molecular complexity index is 678. The van der Waals surface area contributed by atoms with Gasteiger partial charge in [0, 0.05) is 5.69 Å². The molecule has 0 spiro atoms. The lowest BCUT2D eigenvalue weighted by atomic mass is 10.0. The van der Waals surface area contributed by atoms with Crippen LogP contribution in [0.25, 0.3) is 6.08 Å². The Balaban J connectivity index is 1.69. The minimum absolute atomic E-state index is 0.672. The van der Waals surface area contributed by atoms with Gasteiger partial charge in [-0.15, -0.1) is 0 Å². The molecule has 2 aliphatic rings. The van der Waals surface area contributed by atoms with Crippen LogP contribution in [-0.2, 0) is 9.47 Å². The van der Waals surface area contributed by atoms with Crippen LogP contribution in [0.15, 0.2) is 72.1 Å². The van der Waals surface area contributed by atoms with E-state index < -0.39 is 0 Å². The molecule has 0 saturated heterocycles. The van der Waals surface area contributed by atoms with Crippen LogP contribution in [0.2, 0.25) is 0 Å². The van der Waals surface area contributed by atoms with Gasteiger partial charge in [0.2, 0.25) is 0 Å². The molecule has 1 aliphatic heterocycles. The third kappa shape index (κ3) is 3.51. The number of aromatic nitrogens is 1. The molecule has 0 aromatic carbocycles. The van der Waals surface area contributed by atoms with E-state index in [1.807, 2.05) is 43.4 Å². The summed E-state index contributed by atoms with van der Waals surface area (Å²) in [6.45, 7) is 1.97. The largest absolute Gasteiger partial charge is 0.465 e. The molecule has 0 radical (unpaired) electrons. The van der Waals surface area contributed by atoms with Crippen molar-refractivity contribution in [1.82, 2.24) is 4.98 Å². The summed E-state index contributed by atoms with van der Waals surface area (Å²) >= 11 is 0. The zero-order chi connectivity index (χ0) is 14.5. The first-order valence-electron chi connectivity index (χ1n) is 7.03. The summed E-state index contributed by atoms with van der Waals surface area (Å²) in [4.78, 5) is 4.42. The molecule has 106 valence electrons. The van der Waals surface area contributed by atoms with Crippen molar-refractivity contribution in [2.45, 2.75) is 19.8 Å². The molecule has 0 bridgehead atoms. The zero-order valence-electron chi connectivity index (χ0n) is 12.0. The molecule has 2 heterocycles. The number of hydrogen-bond donors (Lipinski definition) is 0. The molecule has 1 aromatic heterocycles. The highest BCUT2D eigenvalue weighted by atomic mass is 16.5. The summed E-state index contributed by atoms with van der Waals surface area (Å²) in [6.07, 6.45) is 15.3. The van der Waals surface area contributed by atoms with Crippen molar-refractivity contribution in [3.05, 3.63) is 83.5 Å². The van der Waals surface area contributed by atoms with Gasteiger partial charge in [0.15, 0.2) is 11.5 Å². The highest BCUT2D eigenvalue weighted by molar-refractivity contribution is 5.49. The molecule has 0 atom stereocenters. The lowest BCUT2D eigenvalue weighted by Crippen LogP contribution is -2.02. The average molecular weight is 279 g/mol. The minimum atomic E-state index is 0.672. The highest BCUT2D eigenvalue weighted by Crippen LogP contribution is 2.26. The van der Waals surface area contributed by atoms with Crippen LogP contribution in [0.4, 0.5) is 0 Å². The van der Waals surface area contributed by atoms with Crippen molar-refractivity contribution in [3.63, 3.8) is 0 Å². The first-order chi connectivity index (χ1) is 10.3. The maximum atomic E-state index is 5.86. The van der Waals surface area contributed by atoms with Crippen molar-refractivity contribution >= 4 is 6.08 Å². The Hall–Kier alpha value is -2.55. The molecule has 3 rings (SSSR count). The summed E-state index contributed by atoms with van der Waals surface area (Å²) in [5.74, 6) is 1.45. The van der Waals surface area contributed by atoms with Crippen molar-refractivity contribution in [3.8, 4) is 0 Å². The molecule has 1 aromatic rings. The normalized spacial score (nSPS) is 17.7. The fraction of sp³-hybridized carbons (Fsp3) is 0.167. The Morgan fingerprint density at radius 3 is 2.95 bits per heavy atom. The molecule has 21 heavy (non-hydrogen) atoms. The molecule has 0 saturated carbocycles. The second-order valence-electron chi connectivity index (χ2n) is 4.94. The van der Waals surface area contributed by atoms with Gasteiger partial charge in [-0.05, 0) is 49.6 Å². The fourth-order valence-electron chi connectivity index (χ4n) is 2.18. The first kappa shape index (κ1) is 13.4. The van der Waals surface area contributed by atoms with Crippen LogP contribution in [-0.4, -0.2) is 4.98 Å². The number of pyridine rings is 1. The lowest BCUT2D eigenvalue weighted by molar-refractivity contribution is 0.240. The molecular formula is C18H17NO2. The van der Waals surface area contributed by atoms with E-state index in [9.17, 15) is 0 Å². The van der Waals surface area contributed by atoms with E-state index in [2.05, 4.69) is 17.1 Å².